The number of ether oxygens (including phenoxy) is 1. The van der Waals surface area contributed by atoms with Gasteiger partial charge in [-0.25, -0.2) is 9.78 Å². The molecule has 0 radical (unpaired) electrons. The van der Waals surface area contributed by atoms with E-state index in [0.29, 0.717) is 22.0 Å². The number of amides is 1. The van der Waals surface area contributed by atoms with Gasteiger partial charge < -0.3 is 10.1 Å². The number of aromatic nitrogens is 2. The minimum absolute atomic E-state index is 0.251. The van der Waals surface area contributed by atoms with Gasteiger partial charge in [0.05, 0.1) is 12.3 Å². The molecule has 0 saturated heterocycles. The number of benzene rings is 1. The van der Waals surface area contributed by atoms with Gasteiger partial charge in [0.15, 0.2) is 0 Å². The lowest BCUT2D eigenvalue weighted by Crippen LogP contribution is -2.17. The van der Waals surface area contributed by atoms with E-state index in [1.54, 1.807) is 18.2 Å². The van der Waals surface area contributed by atoms with Gasteiger partial charge in [-0.1, -0.05) is 35.9 Å². The van der Waals surface area contributed by atoms with Gasteiger partial charge in [0, 0.05) is 17.1 Å². The van der Waals surface area contributed by atoms with Gasteiger partial charge in [0.1, 0.15) is 21.9 Å². The summed E-state index contributed by atoms with van der Waals surface area (Å²) in [7, 11) is 0. The molecule has 4 aromatic rings. The molecule has 0 unspecified atom stereocenters. The molecule has 31 heavy (non-hydrogen) atoms. The van der Waals surface area contributed by atoms with Crippen LogP contribution in [0.25, 0.3) is 16.8 Å². The van der Waals surface area contributed by atoms with Crippen molar-refractivity contribution in [3.8, 4) is 11.1 Å². The Morgan fingerprint density at radius 3 is 2.58 bits per heavy atom. The average molecular weight is 434 g/mol. The number of imidazole rings is 1. The fraction of sp³-hybridized carbons (Fsp3) is 0.208. The highest BCUT2D eigenvalue weighted by molar-refractivity contribution is 7.15. The number of thiophene rings is 1. The summed E-state index contributed by atoms with van der Waals surface area (Å²) in [6.45, 7) is 7.78. The molecule has 158 valence electrons. The molecule has 4 rings (SSSR count). The zero-order valence-corrected chi connectivity index (χ0v) is 18.7. The van der Waals surface area contributed by atoms with Crippen LogP contribution in [0.15, 0.2) is 48.0 Å². The van der Waals surface area contributed by atoms with Gasteiger partial charge in [-0.2, -0.15) is 0 Å². The Balaban J connectivity index is 1.76. The van der Waals surface area contributed by atoms with Crippen LogP contribution >= 0.6 is 11.3 Å². The number of nitrogens with zero attached hydrogens (tertiary/aromatic N) is 2. The summed E-state index contributed by atoms with van der Waals surface area (Å²) in [6, 6.07) is 11.7. The lowest BCUT2D eigenvalue weighted by molar-refractivity contribution is 0.0529. The van der Waals surface area contributed by atoms with E-state index in [0.717, 1.165) is 27.9 Å². The second kappa shape index (κ2) is 8.35. The van der Waals surface area contributed by atoms with Crippen molar-refractivity contribution in [3.63, 3.8) is 0 Å². The molecular formula is C24H23N3O3S. The number of rotatable bonds is 5. The molecule has 0 aliphatic rings. The third-order valence-electron chi connectivity index (χ3n) is 5.09. The minimum Gasteiger partial charge on any atom is -0.462 e. The molecule has 0 saturated carbocycles. The Hall–Kier alpha value is -3.45. The first-order valence-corrected chi connectivity index (χ1v) is 10.9. The average Bonchev–Trinajstić information content (AvgIpc) is 3.30. The summed E-state index contributed by atoms with van der Waals surface area (Å²) in [4.78, 5) is 30.6. The van der Waals surface area contributed by atoms with Gasteiger partial charge in [0.25, 0.3) is 5.91 Å². The van der Waals surface area contributed by atoms with Crippen molar-refractivity contribution in [2.24, 2.45) is 0 Å². The second-order valence-corrected chi connectivity index (χ2v) is 8.20. The van der Waals surface area contributed by atoms with E-state index in [1.807, 2.05) is 61.8 Å². The van der Waals surface area contributed by atoms with Gasteiger partial charge in [-0.3, -0.25) is 9.20 Å². The molecule has 7 heteroatoms. The van der Waals surface area contributed by atoms with E-state index in [9.17, 15) is 9.59 Å². The quantitative estimate of drug-likeness (QED) is 0.427. The number of carbonyl (C=O) groups is 2. The van der Waals surface area contributed by atoms with Crippen LogP contribution in [0.2, 0.25) is 0 Å². The van der Waals surface area contributed by atoms with Crippen LogP contribution in [0.3, 0.4) is 0 Å². The smallest absolute Gasteiger partial charge is 0.341 e. The summed E-state index contributed by atoms with van der Waals surface area (Å²) in [5.41, 5.74) is 5.92. The zero-order valence-electron chi connectivity index (χ0n) is 17.9. The van der Waals surface area contributed by atoms with E-state index >= 15 is 0 Å². The first-order chi connectivity index (χ1) is 14.9. The van der Waals surface area contributed by atoms with Crippen molar-refractivity contribution >= 4 is 33.9 Å². The number of aryl methyl sites for hydroxylation is 3. The minimum atomic E-state index is -0.458. The van der Waals surface area contributed by atoms with Gasteiger partial charge >= 0.3 is 5.97 Å². The molecule has 6 nitrogen and oxygen atoms in total. The summed E-state index contributed by atoms with van der Waals surface area (Å²) in [5.74, 6) is -0.779. The second-order valence-electron chi connectivity index (χ2n) is 7.32. The fourth-order valence-electron chi connectivity index (χ4n) is 3.55. The SMILES string of the molecule is CCOC(=O)c1c(-c2ccc(C)cc2)csc1NC(=O)c1c(C)nc2c(C)cccn12. The third kappa shape index (κ3) is 3.84. The van der Waals surface area contributed by atoms with Gasteiger partial charge in [-0.15, -0.1) is 11.3 Å². The topological polar surface area (TPSA) is 72.7 Å². The van der Waals surface area contributed by atoms with Crippen molar-refractivity contribution in [2.45, 2.75) is 27.7 Å². The Bertz CT molecular complexity index is 1290. The number of hydrogen-bond donors (Lipinski definition) is 1. The zero-order chi connectivity index (χ0) is 22.1. The van der Waals surface area contributed by atoms with Gasteiger partial charge in [-0.05, 0) is 44.9 Å². The monoisotopic (exact) mass is 433 g/mol. The highest BCUT2D eigenvalue weighted by atomic mass is 32.1. The molecule has 0 bridgehead atoms. The first kappa shape index (κ1) is 20.8. The molecular weight excluding hydrogens is 410 g/mol. The molecule has 0 aliphatic heterocycles. The first-order valence-electron chi connectivity index (χ1n) is 10.0. The summed E-state index contributed by atoms with van der Waals surface area (Å²) in [6.07, 6.45) is 1.82. The molecule has 3 heterocycles. The molecule has 1 aromatic carbocycles. The number of carbonyl (C=O) groups excluding carboxylic acids is 2. The van der Waals surface area contributed by atoms with Crippen LogP contribution in [-0.4, -0.2) is 27.9 Å². The molecule has 1 N–H and O–H groups in total. The summed E-state index contributed by atoms with van der Waals surface area (Å²) < 4.78 is 7.07. The Kier molecular flexibility index (Phi) is 5.61. The van der Waals surface area contributed by atoms with Crippen LogP contribution in [0.4, 0.5) is 5.00 Å². The van der Waals surface area contributed by atoms with Crippen molar-refractivity contribution in [1.29, 1.82) is 0 Å². The normalized spacial score (nSPS) is 11.0. The molecule has 0 fully saturated rings. The van der Waals surface area contributed by atoms with Crippen molar-refractivity contribution in [1.82, 2.24) is 9.38 Å². The van der Waals surface area contributed by atoms with E-state index in [1.165, 1.54) is 11.3 Å². The fourth-order valence-corrected chi connectivity index (χ4v) is 4.51. The largest absolute Gasteiger partial charge is 0.462 e. The van der Waals surface area contributed by atoms with E-state index in [-0.39, 0.29) is 12.5 Å². The molecule has 0 aliphatic carbocycles. The maximum absolute atomic E-state index is 13.2. The van der Waals surface area contributed by atoms with Crippen molar-refractivity contribution in [3.05, 3.63) is 76.1 Å². The maximum atomic E-state index is 13.2. The van der Waals surface area contributed by atoms with Gasteiger partial charge in [0.2, 0.25) is 0 Å². The van der Waals surface area contributed by atoms with Crippen LogP contribution in [0.1, 0.15) is 44.6 Å². The number of hydrogen-bond acceptors (Lipinski definition) is 5. The lowest BCUT2D eigenvalue weighted by Gasteiger charge is -2.09. The van der Waals surface area contributed by atoms with Crippen LogP contribution in [0.5, 0.6) is 0 Å². The third-order valence-corrected chi connectivity index (χ3v) is 5.99. The number of nitrogens with one attached hydrogen (secondary N) is 1. The van der Waals surface area contributed by atoms with Crippen molar-refractivity contribution < 1.29 is 14.3 Å². The number of fused-ring (bicyclic) bond motifs is 1. The van der Waals surface area contributed by atoms with E-state index in [2.05, 4.69) is 10.3 Å². The van der Waals surface area contributed by atoms with E-state index < -0.39 is 5.97 Å². The highest BCUT2D eigenvalue weighted by Gasteiger charge is 2.25. The Morgan fingerprint density at radius 1 is 1.13 bits per heavy atom. The Labute approximate surface area is 184 Å². The molecule has 3 aromatic heterocycles. The molecule has 0 spiro atoms. The maximum Gasteiger partial charge on any atom is 0.341 e. The Morgan fingerprint density at radius 2 is 1.87 bits per heavy atom. The van der Waals surface area contributed by atoms with Crippen LogP contribution in [0, 0.1) is 20.8 Å². The summed E-state index contributed by atoms with van der Waals surface area (Å²) in [5, 5.41) is 5.26. The highest BCUT2D eigenvalue weighted by Crippen LogP contribution is 2.36. The predicted molar refractivity (Wildman–Crippen MR) is 123 cm³/mol. The molecule has 1 amide bonds. The number of pyridine rings is 1. The number of esters is 1. The van der Waals surface area contributed by atoms with Crippen LogP contribution < -0.4 is 5.32 Å². The lowest BCUT2D eigenvalue weighted by atomic mass is 10.0. The summed E-state index contributed by atoms with van der Waals surface area (Å²) >= 11 is 1.31. The number of anilines is 1. The molecule has 0 atom stereocenters. The van der Waals surface area contributed by atoms with Crippen LogP contribution in [-0.2, 0) is 4.74 Å². The standard InChI is InChI=1S/C24H23N3O3S/c1-5-30-24(29)19-18(17-10-8-14(2)9-11-17)13-31-23(19)26-22(28)20-16(4)25-21-15(3)7-6-12-27(20)21/h6-13H,5H2,1-4H3,(H,26,28). The van der Waals surface area contributed by atoms with E-state index in [4.69, 9.17) is 4.74 Å². The predicted octanol–water partition coefficient (Wildman–Crippen LogP) is 5.42. The van der Waals surface area contributed by atoms with Crippen molar-refractivity contribution in [2.75, 3.05) is 11.9 Å².